The van der Waals surface area contributed by atoms with Crippen molar-refractivity contribution in [3.8, 4) is 0 Å². The SMILES string of the molecule is Cc1cnc(N2CCN(C(=O)c3ccc([C@@]4(C)NC(=O)NC4=O)cc3)C[C@@H]2C)c(C)c1. The van der Waals surface area contributed by atoms with Gasteiger partial charge in [-0.3, -0.25) is 14.9 Å². The molecule has 2 aromatic rings. The van der Waals surface area contributed by atoms with Gasteiger partial charge in [-0.05, 0) is 56.5 Å². The van der Waals surface area contributed by atoms with Crippen LogP contribution in [0.5, 0.6) is 0 Å². The highest BCUT2D eigenvalue weighted by Gasteiger charge is 2.43. The predicted molar refractivity (Wildman–Crippen MR) is 117 cm³/mol. The number of aryl methyl sites for hydroxylation is 2. The van der Waals surface area contributed by atoms with Crippen molar-refractivity contribution in [3.63, 3.8) is 0 Å². The van der Waals surface area contributed by atoms with Gasteiger partial charge in [-0.1, -0.05) is 18.2 Å². The summed E-state index contributed by atoms with van der Waals surface area (Å²) in [6.07, 6.45) is 1.88. The Balaban J connectivity index is 1.46. The maximum Gasteiger partial charge on any atom is 0.322 e. The van der Waals surface area contributed by atoms with Crippen molar-refractivity contribution in [1.29, 1.82) is 0 Å². The standard InChI is InChI=1S/C23H27N5O3/c1-14-11-15(2)19(24-12-14)28-10-9-27(13-16(28)3)20(29)17-5-7-18(8-6-17)23(4)21(30)25-22(31)26-23/h5-8,11-12,16H,9-10,13H2,1-4H3,(H2,25,26,30,31)/t16-,23+/m0/s1. The molecular formula is C23H27N5O3. The fourth-order valence-corrected chi connectivity index (χ4v) is 4.34. The van der Waals surface area contributed by atoms with Crippen molar-refractivity contribution in [2.75, 3.05) is 24.5 Å². The van der Waals surface area contributed by atoms with E-state index < -0.39 is 17.5 Å². The number of anilines is 1. The van der Waals surface area contributed by atoms with Crippen LogP contribution in [0, 0.1) is 13.8 Å². The lowest BCUT2D eigenvalue weighted by Crippen LogP contribution is -2.54. The fourth-order valence-electron chi connectivity index (χ4n) is 4.34. The second-order valence-corrected chi connectivity index (χ2v) is 8.56. The van der Waals surface area contributed by atoms with Crippen molar-refractivity contribution in [2.45, 2.75) is 39.3 Å². The number of pyridine rings is 1. The zero-order valence-corrected chi connectivity index (χ0v) is 18.2. The van der Waals surface area contributed by atoms with Crippen LogP contribution >= 0.6 is 0 Å². The monoisotopic (exact) mass is 421 g/mol. The van der Waals surface area contributed by atoms with Crippen molar-refractivity contribution in [2.24, 2.45) is 0 Å². The van der Waals surface area contributed by atoms with Gasteiger partial charge in [-0.25, -0.2) is 9.78 Å². The van der Waals surface area contributed by atoms with Gasteiger partial charge in [-0.2, -0.15) is 0 Å². The van der Waals surface area contributed by atoms with E-state index in [4.69, 9.17) is 0 Å². The number of nitrogens with zero attached hydrogens (tertiary/aromatic N) is 3. The largest absolute Gasteiger partial charge is 0.350 e. The van der Waals surface area contributed by atoms with Gasteiger partial charge in [0.15, 0.2) is 0 Å². The van der Waals surface area contributed by atoms with Crippen LogP contribution in [0.2, 0.25) is 0 Å². The molecule has 0 unspecified atom stereocenters. The van der Waals surface area contributed by atoms with Gasteiger partial charge in [-0.15, -0.1) is 0 Å². The Hall–Kier alpha value is -3.42. The van der Waals surface area contributed by atoms with E-state index in [-0.39, 0.29) is 11.9 Å². The minimum atomic E-state index is -1.13. The maximum atomic E-state index is 13.1. The first-order valence-corrected chi connectivity index (χ1v) is 10.4. The van der Waals surface area contributed by atoms with E-state index >= 15 is 0 Å². The van der Waals surface area contributed by atoms with E-state index in [1.165, 1.54) is 0 Å². The molecule has 2 fully saturated rings. The van der Waals surface area contributed by atoms with Crippen LogP contribution in [0.4, 0.5) is 10.6 Å². The van der Waals surface area contributed by atoms with Crippen LogP contribution in [-0.2, 0) is 10.3 Å². The summed E-state index contributed by atoms with van der Waals surface area (Å²) in [6.45, 7) is 9.77. The molecule has 0 spiro atoms. The second kappa shape index (κ2) is 7.68. The number of amides is 4. The highest BCUT2D eigenvalue weighted by molar-refractivity contribution is 6.07. The maximum absolute atomic E-state index is 13.1. The fraction of sp³-hybridized carbons (Fsp3) is 0.391. The average molecular weight is 422 g/mol. The van der Waals surface area contributed by atoms with E-state index in [1.807, 2.05) is 18.0 Å². The molecule has 3 heterocycles. The summed E-state index contributed by atoms with van der Waals surface area (Å²) in [5.41, 5.74) is 2.33. The molecule has 0 radical (unpaired) electrons. The molecule has 8 nitrogen and oxygen atoms in total. The smallest absolute Gasteiger partial charge is 0.322 e. The van der Waals surface area contributed by atoms with Crippen LogP contribution in [-0.4, -0.2) is 53.4 Å². The molecule has 0 saturated carbocycles. The number of imide groups is 1. The molecule has 0 bridgehead atoms. The third-order valence-electron chi connectivity index (χ3n) is 6.13. The van der Waals surface area contributed by atoms with Crippen molar-refractivity contribution in [3.05, 3.63) is 58.8 Å². The van der Waals surface area contributed by atoms with E-state index in [0.29, 0.717) is 30.8 Å². The van der Waals surface area contributed by atoms with Gasteiger partial charge in [0.1, 0.15) is 11.4 Å². The molecule has 4 amide bonds. The summed E-state index contributed by atoms with van der Waals surface area (Å²) in [6, 6.07) is 8.61. The van der Waals surface area contributed by atoms with Crippen LogP contribution in [0.25, 0.3) is 0 Å². The lowest BCUT2D eigenvalue weighted by molar-refractivity contribution is -0.123. The first-order chi connectivity index (χ1) is 14.7. The number of benzene rings is 1. The Kier molecular flexibility index (Phi) is 5.16. The quantitative estimate of drug-likeness (QED) is 0.741. The Morgan fingerprint density at radius 1 is 1.16 bits per heavy atom. The summed E-state index contributed by atoms with van der Waals surface area (Å²) in [5, 5.41) is 4.89. The van der Waals surface area contributed by atoms with Gasteiger partial charge < -0.3 is 15.1 Å². The van der Waals surface area contributed by atoms with Crippen molar-refractivity contribution in [1.82, 2.24) is 20.5 Å². The molecule has 31 heavy (non-hydrogen) atoms. The molecule has 2 N–H and O–H groups in total. The molecule has 162 valence electrons. The lowest BCUT2D eigenvalue weighted by atomic mass is 9.91. The lowest BCUT2D eigenvalue weighted by Gasteiger charge is -2.41. The van der Waals surface area contributed by atoms with Gasteiger partial charge in [0.25, 0.3) is 11.8 Å². The van der Waals surface area contributed by atoms with E-state index in [2.05, 4.69) is 40.4 Å². The summed E-state index contributed by atoms with van der Waals surface area (Å²) in [4.78, 5) is 45.4. The molecule has 1 aromatic carbocycles. The number of carbonyl (C=O) groups excluding carboxylic acids is 3. The van der Waals surface area contributed by atoms with Crippen LogP contribution in [0.15, 0.2) is 36.5 Å². The second-order valence-electron chi connectivity index (χ2n) is 8.56. The molecule has 0 aliphatic carbocycles. The zero-order chi connectivity index (χ0) is 22.3. The molecule has 1 aromatic heterocycles. The van der Waals surface area contributed by atoms with Crippen molar-refractivity contribution >= 4 is 23.7 Å². The minimum Gasteiger partial charge on any atom is -0.350 e. The van der Waals surface area contributed by atoms with E-state index in [0.717, 1.165) is 16.9 Å². The highest BCUT2D eigenvalue weighted by Crippen LogP contribution is 2.26. The van der Waals surface area contributed by atoms with Crippen molar-refractivity contribution < 1.29 is 14.4 Å². The Labute approximate surface area is 181 Å². The van der Waals surface area contributed by atoms with Crippen LogP contribution in [0.3, 0.4) is 0 Å². The van der Waals surface area contributed by atoms with Crippen LogP contribution in [0.1, 0.15) is 40.9 Å². The van der Waals surface area contributed by atoms with Crippen LogP contribution < -0.4 is 15.5 Å². The summed E-state index contributed by atoms with van der Waals surface area (Å²) < 4.78 is 0. The molecule has 2 aliphatic rings. The number of hydrogen-bond donors (Lipinski definition) is 2. The third-order valence-corrected chi connectivity index (χ3v) is 6.13. The molecule has 2 aliphatic heterocycles. The topological polar surface area (TPSA) is 94.6 Å². The third kappa shape index (κ3) is 3.73. The predicted octanol–water partition coefficient (Wildman–Crippen LogP) is 2.10. The average Bonchev–Trinajstić information content (AvgIpc) is 3.00. The number of piperazine rings is 1. The van der Waals surface area contributed by atoms with E-state index in [1.54, 1.807) is 31.2 Å². The first-order valence-electron chi connectivity index (χ1n) is 10.4. The van der Waals surface area contributed by atoms with Gasteiger partial charge >= 0.3 is 6.03 Å². The summed E-state index contributed by atoms with van der Waals surface area (Å²) in [7, 11) is 0. The van der Waals surface area contributed by atoms with Gasteiger partial charge in [0, 0.05) is 37.4 Å². The number of nitrogens with one attached hydrogen (secondary N) is 2. The Bertz CT molecular complexity index is 1050. The number of rotatable bonds is 3. The zero-order valence-electron chi connectivity index (χ0n) is 18.2. The molecule has 2 saturated heterocycles. The Morgan fingerprint density at radius 2 is 1.87 bits per heavy atom. The number of hydrogen-bond acceptors (Lipinski definition) is 5. The highest BCUT2D eigenvalue weighted by atomic mass is 16.2. The molecule has 4 rings (SSSR count). The van der Waals surface area contributed by atoms with Gasteiger partial charge in [0.2, 0.25) is 0 Å². The first kappa shape index (κ1) is 20.8. The molecular weight excluding hydrogens is 394 g/mol. The minimum absolute atomic E-state index is 0.0447. The summed E-state index contributed by atoms with van der Waals surface area (Å²) >= 11 is 0. The number of carbonyl (C=O) groups is 3. The number of urea groups is 1. The molecule has 2 atom stereocenters. The normalized spacial score (nSPS) is 23.5. The summed E-state index contributed by atoms with van der Waals surface area (Å²) in [5.74, 6) is 0.526. The van der Waals surface area contributed by atoms with Gasteiger partial charge in [0.05, 0.1) is 0 Å². The van der Waals surface area contributed by atoms with E-state index in [9.17, 15) is 14.4 Å². The Morgan fingerprint density at radius 3 is 2.45 bits per heavy atom. The molecule has 8 heteroatoms. The number of aromatic nitrogens is 1.